The van der Waals surface area contributed by atoms with E-state index in [2.05, 4.69) is 36.8 Å². The van der Waals surface area contributed by atoms with Crippen molar-refractivity contribution in [3.05, 3.63) is 0 Å². The van der Waals surface area contributed by atoms with Crippen LogP contribution in [0.5, 0.6) is 0 Å². The van der Waals surface area contributed by atoms with Crippen LogP contribution in [-0.2, 0) is 90.5 Å². The molecule has 0 heterocycles. The van der Waals surface area contributed by atoms with Crippen molar-refractivity contribution in [2.45, 2.75) is 109 Å². The lowest BCUT2D eigenvalue weighted by Gasteiger charge is -2.02. The van der Waals surface area contributed by atoms with Gasteiger partial charge in [-0.25, -0.2) is 0 Å². The first-order valence-electron chi connectivity index (χ1n) is 17.8. The number of ether oxygens (including phenoxy) is 8. The van der Waals surface area contributed by atoms with Gasteiger partial charge in [-0.3, -0.25) is 32.3 Å². The smallest absolute Gasteiger partial charge is 0.307 e. The fourth-order valence-corrected chi connectivity index (χ4v) is 2.77. The molecule has 334 valence electrons. The summed E-state index contributed by atoms with van der Waals surface area (Å²) in [4.78, 5) is 50.6. The van der Waals surface area contributed by atoms with Gasteiger partial charge < -0.3 is 37.9 Å². The van der Waals surface area contributed by atoms with Gasteiger partial charge in [-0.1, -0.05) is 20.8 Å². The minimum Gasteiger partial charge on any atom is -0.466 e. The molecule has 0 atom stereocenters. The van der Waals surface area contributed by atoms with Gasteiger partial charge in [0.25, 0.3) is 20.2 Å². The quantitative estimate of drug-likeness (QED) is 0.0543. The number of carbonyl (C=O) groups excluding carboxylic acids is 5. The molecule has 0 rings (SSSR count). The standard InChI is InChI=1S/C6H12O5S.C6H12O3.C5H12O3S.C5H10O3.C5H10O2.C4H8O2.C3H8O/c1-3-12(8,9)11-5-4-10-6(2)7;1-3-6(7)9-5-8-4-2;1-3-5-8-9(6,7)4-2;1-3-7-4-8-5(2)6;1-3-5(6)7-4-2;1-3-6-4(2)5;1-3-4-2/h3-5H2,1-2H3;2*3-5H2,1-2H3;3-4H2,1-2H3;3-4H2,1-2H3;3H2,1-2H3;3H2,1-2H3. The lowest BCUT2D eigenvalue weighted by atomic mass is 10.5. The third-order valence-electron chi connectivity index (χ3n) is 4.40. The Morgan fingerprint density at radius 1 is 0.436 bits per heavy atom. The second kappa shape index (κ2) is 53.2. The number of rotatable bonds is 20. The van der Waals surface area contributed by atoms with E-state index in [9.17, 15) is 40.8 Å². The largest absolute Gasteiger partial charge is 0.466 e. The third-order valence-corrected chi connectivity index (χ3v) is 6.87. The Labute approximate surface area is 330 Å². The molecule has 0 unspecified atom stereocenters. The zero-order chi connectivity index (χ0) is 44.6. The third kappa shape index (κ3) is 89.5. The van der Waals surface area contributed by atoms with E-state index in [-0.39, 0.29) is 62.2 Å². The van der Waals surface area contributed by atoms with Crippen LogP contribution in [-0.4, -0.2) is 132 Å². The SMILES string of the molecule is CCCOS(=O)(=O)CC.CCOC.CCOC(=O)CC.CCOC(C)=O.CCOCOC(=O)CC.CCOCOC(C)=O.CCS(=O)(=O)OCCOC(C)=O. The normalized spacial score (nSPS) is 9.56. The second-order valence-electron chi connectivity index (χ2n) is 9.06. The molecule has 0 aromatic rings. The predicted octanol–water partition coefficient (Wildman–Crippen LogP) is 4.34. The van der Waals surface area contributed by atoms with Gasteiger partial charge >= 0.3 is 29.8 Å². The summed E-state index contributed by atoms with van der Waals surface area (Å²) < 4.78 is 87.8. The van der Waals surface area contributed by atoms with Crippen LogP contribution < -0.4 is 0 Å². The van der Waals surface area contributed by atoms with Crippen molar-refractivity contribution in [3.63, 3.8) is 0 Å². The lowest BCUT2D eigenvalue weighted by Crippen LogP contribution is -2.14. The van der Waals surface area contributed by atoms with E-state index in [0.717, 1.165) is 13.0 Å². The number of esters is 5. The lowest BCUT2D eigenvalue weighted by molar-refractivity contribution is -0.155. The summed E-state index contributed by atoms with van der Waals surface area (Å²) in [7, 11) is -4.91. The highest BCUT2D eigenvalue weighted by molar-refractivity contribution is 7.86. The van der Waals surface area contributed by atoms with E-state index in [1.165, 1.54) is 27.7 Å². The molecule has 0 spiro atoms. The monoisotopic (exact) mass is 848 g/mol. The summed E-state index contributed by atoms with van der Waals surface area (Å²) in [5.41, 5.74) is 0. The maximum atomic E-state index is 10.7. The average molecular weight is 849 g/mol. The molecule has 0 aliphatic rings. The molecule has 19 nitrogen and oxygen atoms in total. The number of methoxy groups -OCH3 is 1. The molecule has 0 radical (unpaired) electrons. The Morgan fingerprint density at radius 3 is 1.05 bits per heavy atom. The molecule has 0 aromatic carbocycles. The van der Waals surface area contributed by atoms with Crippen LogP contribution in [0, 0.1) is 0 Å². The summed E-state index contributed by atoms with van der Waals surface area (Å²) in [5.74, 6) is -1.32. The summed E-state index contributed by atoms with van der Waals surface area (Å²) in [6, 6.07) is 0. The molecular formula is C34H72O19S2. The van der Waals surface area contributed by atoms with Gasteiger partial charge in [0.1, 0.15) is 13.2 Å². The van der Waals surface area contributed by atoms with Crippen molar-refractivity contribution in [2.75, 3.05) is 85.1 Å². The molecular weight excluding hydrogens is 776 g/mol. The highest BCUT2D eigenvalue weighted by Gasteiger charge is 2.06. The van der Waals surface area contributed by atoms with E-state index in [4.69, 9.17) is 9.47 Å². The summed E-state index contributed by atoms with van der Waals surface area (Å²) in [5, 5.41) is 0. The van der Waals surface area contributed by atoms with Crippen molar-refractivity contribution in [1.29, 1.82) is 0 Å². The van der Waals surface area contributed by atoms with Gasteiger partial charge in [0.15, 0.2) is 13.6 Å². The minimum atomic E-state index is -3.41. The van der Waals surface area contributed by atoms with Crippen LogP contribution in [0.1, 0.15) is 109 Å². The van der Waals surface area contributed by atoms with E-state index in [1.807, 2.05) is 27.7 Å². The number of hydrogen-bond donors (Lipinski definition) is 0. The maximum Gasteiger partial charge on any atom is 0.307 e. The molecule has 0 N–H and O–H groups in total. The Hall–Kier alpha value is -2.95. The zero-order valence-electron chi connectivity index (χ0n) is 35.7. The van der Waals surface area contributed by atoms with Crippen molar-refractivity contribution in [1.82, 2.24) is 0 Å². The Bertz CT molecular complexity index is 1080. The fourth-order valence-electron chi connectivity index (χ4n) is 1.69. The Morgan fingerprint density at radius 2 is 0.800 bits per heavy atom. The average Bonchev–Trinajstić information content (AvgIpc) is 3.14. The molecule has 0 fully saturated rings. The number of carbonyl (C=O) groups is 5. The molecule has 0 amide bonds. The van der Waals surface area contributed by atoms with Crippen LogP contribution in [0.25, 0.3) is 0 Å². The highest BCUT2D eigenvalue weighted by atomic mass is 32.2. The van der Waals surface area contributed by atoms with E-state index in [1.54, 1.807) is 41.7 Å². The van der Waals surface area contributed by atoms with Gasteiger partial charge in [0, 0.05) is 60.5 Å². The van der Waals surface area contributed by atoms with E-state index < -0.39 is 26.2 Å². The molecule has 0 aliphatic heterocycles. The van der Waals surface area contributed by atoms with Crippen molar-refractivity contribution < 1.29 is 87.1 Å². The first-order valence-corrected chi connectivity index (χ1v) is 20.9. The van der Waals surface area contributed by atoms with Gasteiger partial charge in [-0.15, -0.1) is 0 Å². The van der Waals surface area contributed by atoms with Crippen molar-refractivity contribution >= 4 is 50.1 Å². The van der Waals surface area contributed by atoms with Crippen LogP contribution >= 0.6 is 0 Å². The summed E-state index contributed by atoms with van der Waals surface area (Å²) in [6.45, 7) is 24.9. The second-order valence-corrected chi connectivity index (χ2v) is 12.9. The van der Waals surface area contributed by atoms with Crippen LogP contribution in [0.15, 0.2) is 0 Å². The van der Waals surface area contributed by atoms with Gasteiger partial charge in [0.2, 0.25) is 0 Å². The van der Waals surface area contributed by atoms with Crippen LogP contribution in [0.2, 0.25) is 0 Å². The molecule has 0 saturated carbocycles. The molecule has 0 aromatic heterocycles. The van der Waals surface area contributed by atoms with Gasteiger partial charge in [0.05, 0.1) is 31.3 Å². The van der Waals surface area contributed by atoms with Crippen LogP contribution in [0.4, 0.5) is 0 Å². The maximum absolute atomic E-state index is 10.7. The van der Waals surface area contributed by atoms with Gasteiger partial charge in [-0.2, -0.15) is 16.8 Å². The molecule has 21 heteroatoms. The van der Waals surface area contributed by atoms with E-state index >= 15 is 0 Å². The summed E-state index contributed by atoms with van der Waals surface area (Å²) >= 11 is 0. The van der Waals surface area contributed by atoms with Crippen molar-refractivity contribution in [2.24, 2.45) is 0 Å². The molecule has 0 aliphatic carbocycles. The van der Waals surface area contributed by atoms with Crippen molar-refractivity contribution in [3.8, 4) is 0 Å². The first-order chi connectivity index (χ1) is 25.7. The van der Waals surface area contributed by atoms with E-state index in [0.29, 0.717) is 45.9 Å². The minimum absolute atomic E-state index is 0.0332. The first kappa shape index (κ1) is 66.8. The zero-order valence-corrected chi connectivity index (χ0v) is 37.3. The summed E-state index contributed by atoms with van der Waals surface area (Å²) in [6.07, 6.45) is 1.63. The van der Waals surface area contributed by atoms with Gasteiger partial charge in [-0.05, 0) is 54.9 Å². The predicted molar refractivity (Wildman–Crippen MR) is 206 cm³/mol. The van der Waals surface area contributed by atoms with Crippen LogP contribution in [0.3, 0.4) is 0 Å². The Kier molecular flexibility index (Phi) is 64.6. The Balaban J connectivity index is -0.0000000997. The topological polar surface area (TPSA) is 246 Å². The molecule has 0 saturated heterocycles. The number of hydrogen-bond acceptors (Lipinski definition) is 19. The highest BCUT2D eigenvalue weighted by Crippen LogP contribution is 1.93. The molecule has 55 heavy (non-hydrogen) atoms. The fraction of sp³-hybridized carbons (Fsp3) is 0.853. The molecule has 0 bridgehead atoms.